The van der Waals surface area contributed by atoms with E-state index in [1.54, 1.807) is 0 Å². The van der Waals surface area contributed by atoms with Crippen molar-refractivity contribution in [1.29, 1.82) is 0 Å². The predicted molar refractivity (Wildman–Crippen MR) is 130 cm³/mol. The molecule has 3 nitrogen and oxygen atoms in total. The summed E-state index contributed by atoms with van der Waals surface area (Å²) in [6.45, 7) is 2.12. The standard InChI is InChI=1S/C29H30N2O/c1-2-18-8-6-7-11-24(18)31-29(32)22-14-15-25-23(17-22)26-20-12-13-21(16-20)27(26)28(30-25)19-9-4-3-5-10-19/h3-11,14-15,17,20-21,26-28,30H,2,12-13,16H2,1H3,(H,31,32)/t20-,21+,26+,27+,28+/m1/s1. The van der Waals surface area contributed by atoms with Crippen LogP contribution in [0, 0.1) is 17.8 Å². The van der Waals surface area contributed by atoms with Crippen LogP contribution in [-0.4, -0.2) is 5.91 Å². The molecule has 1 aliphatic heterocycles. The summed E-state index contributed by atoms with van der Waals surface area (Å²) in [5, 5.41) is 7.03. The molecule has 6 rings (SSSR count). The molecular formula is C29H30N2O. The number of benzene rings is 3. The molecule has 5 atom stereocenters. The molecule has 0 saturated heterocycles. The van der Waals surface area contributed by atoms with Crippen molar-refractivity contribution in [3.8, 4) is 0 Å². The maximum atomic E-state index is 13.2. The SMILES string of the molecule is CCc1ccccc1NC(=O)c1ccc2c(c1)[C@@H]1[C@@H]3CC[C@@H](C3)[C@@H]1[C@H](c1ccccc1)N2. The van der Waals surface area contributed by atoms with Gasteiger partial charge in [-0.1, -0.05) is 55.5 Å². The van der Waals surface area contributed by atoms with Crippen LogP contribution in [0.15, 0.2) is 72.8 Å². The smallest absolute Gasteiger partial charge is 0.255 e. The van der Waals surface area contributed by atoms with Gasteiger partial charge in [0.15, 0.2) is 0 Å². The van der Waals surface area contributed by atoms with Crippen molar-refractivity contribution in [3.05, 3.63) is 95.1 Å². The molecule has 0 unspecified atom stereocenters. The summed E-state index contributed by atoms with van der Waals surface area (Å²) in [5.74, 6) is 2.67. The van der Waals surface area contributed by atoms with Crippen LogP contribution in [0.2, 0.25) is 0 Å². The third kappa shape index (κ3) is 3.14. The summed E-state index contributed by atoms with van der Waals surface area (Å²) in [7, 11) is 0. The number of fused-ring (bicyclic) bond motifs is 7. The van der Waals surface area contributed by atoms with E-state index in [0.717, 1.165) is 29.5 Å². The number of rotatable bonds is 4. The highest BCUT2D eigenvalue weighted by atomic mass is 16.1. The second-order valence-electron chi connectivity index (χ2n) is 9.74. The topological polar surface area (TPSA) is 41.1 Å². The average Bonchev–Trinajstić information content (AvgIpc) is 3.47. The molecule has 0 aromatic heterocycles. The normalized spacial score (nSPS) is 27.3. The molecule has 1 amide bonds. The van der Waals surface area contributed by atoms with Gasteiger partial charge in [-0.25, -0.2) is 0 Å². The Bertz CT molecular complexity index is 1150. The van der Waals surface area contributed by atoms with Gasteiger partial charge < -0.3 is 10.6 Å². The lowest BCUT2D eigenvalue weighted by atomic mass is 9.68. The molecule has 0 spiro atoms. The van der Waals surface area contributed by atoms with Gasteiger partial charge in [-0.05, 0) is 90.3 Å². The number of aryl methyl sites for hydroxylation is 1. The number of amides is 1. The van der Waals surface area contributed by atoms with Gasteiger partial charge in [-0.2, -0.15) is 0 Å². The number of hydrogen-bond acceptors (Lipinski definition) is 2. The van der Waals surface area contributed by atoms with Crippen LogP contribution in [0.1, 0.15) is 65.2 Å². The minimum atomic E-state index is -0.0152. The monoisotopic (exact) mass is 422 g/mol. The van der Waals surface area contributed by atoms with Gasteiger partial charge in [-0.3, -0.25) is 4.79 Å². The van der Waals surface area contributed by atoms with Crippen molar-refractivity contribution in [2.45, 2.75) is 44.6 Å². The van der Waals surface area contributed by atoms with Crippen molar-refractivity contribution >= 4 is 17.3 Å². The number of para-hydroxylation sites is 1. The van der Waals surface area contributed by atoms with E-state index in [9.17, 15) is 4.79 Å². The van der Waals surface area contributed by atoms with E-state index in [0.29, 0.717) is 17.9 Å². The van der Waals surface area contributed by atoms with Crippen molar-refractivity contribution in [2.24, 2.45) is 17.8 Å². The number of anilines is 2. The highest BCUT2D eigenvalue weighted by Gasteiger charge is 2.53. The number of carbonyl (C=O) groups excluding carboxylic acids is 1. The summed E-state index contributed by atoms with van der Waals surface area (Å²) in [5.41, 5.74) is 6.79. The van der Waals surface area contributed by atoms with Crippen LogP contribution in [0.25, 0.3) is 0 Å². The molecular weight excluding hydrogens is 392 g/mol. The highest BCUT2D eigenvalue weighted by Crippen LogP contribution is 2.63. The fourth-order valence-electron chi connectivity index (χ4n) is 6.76. The van der Waals surface area contributed by atoms with Crippen molar-refractivity contribution in [3.63, 3.8) is 0 Å². The Morgan fingerprint density at radius 2 is 1.75 bits per heavy atom. The summed E-state index contributed by atoms with van der Waals surface area (Å²) in [6, 6.07) is 25.6. The van der Waals surface area contributed by atoms with Gasteiger partial charge in [0, 0.05) is 16.9 Å². The molecule has 2 N–H and O–H groups in total. The van der Waals surface area contributed by atoms with Crippen LogP contribution < -0.4 is 10.6 Å². The zero-order valence-electron chi connectivity index (χ0n) is 18.6. The van der Waals surface area contributed by atoms with E-state index in [2.05, 4.69) is 66.1 Å². The Kier molecular flexibility index (Phi) is 4.78. The minimum Gasteiger partial charge on any atom is -0.378 e. The third-order valence-electron chi connectivity index (χ3n) is 8.15. The fraction of sp³-hybridized carbons (Fsp3) is 0.345. The lowest BCUT2D eigenvalue weighted by Crippen LogP contribution is -2.35. The van der Waals surface area contributed by atoms with Crippen molar-refractivity contribution in [1.82, 2.24) is 0 Å². The van der Waals surface area contributed by atoms with E-state index >= 15 is 0 Å². The number of nitrogens with one attached hydrogen (secondary N) is 2. The molecule has 2 saturated carbocycles. The molecule has 162 valence electrons. The van der Waals surface area contributed by atoms with Crippen LogP contribution in [0.3, 0.4) is 0 Å². The first-order valence-electron chi connectivity index (χ1n) is 12.1. The Hall–Kier alpha value is -3.07. The molecule has 3 aliphatic rings. The van der Waals surface area contributed by atoms with Gasteiger partial charge in [0.05, 0.1) is 6.04 Å². The first-order valence-corrected chi connectivity index (χ1v) is 12.1. The molecule has 2 bridgehead atoms. The van der Waals surface area contributed by atoms with Gasteiger partial charge in [0.25, 0.3) is 5.91 Å². The van der Waals surface area contributed by atoms with E-state index < -0.39 is 0 Å². The molecule has 3 heteroatoms. The highest BCUT2D eigenvalue weighted by molar-refractivity contribution is 6.05. The van der Waals surface area contributed by atoms with E-state index in [1.165, 1.54) is 41.6 Å². The second kappa shape index (κ2) is 7.81. The zero-order valence-corrected chi connectivity index (χ0v) is 18.6. The fourth-order valence-corrected chi connectivity index (χ4v) is 6.76. The van der Waals surface area contributed by atoms with E-state index in [4.69, 9.17) is 0 Å². The van der Waals surface area contributed by atoms with Crippen LogP contribution in [0.4, 0.5) is 11.4 Å². The van der Waals surface area contributed by atoms with Gasteiger partial charge in [0.1, 0.15) is 0 Å². The Morgan fingerprint density at radius 1 is 0.969 bits per heavy atom. The Balaban J connectivity index is 1.35. The van der Waals surface area contributed by atoms with Gasteiger partial charge in [-0.15, -0.1) is 0 Å². The van der Waals surface area contributed by atoms with E-state index in [1.807, 2.05) is 24.3 Å². The van der Waals surface area contributed by atoms with Crippen LogP contribution >= 0.6 is 0 Å². The molecule has 32 heavy (non-hydrogen) atoms. The van der Waals surface area contributed by atoms with Crippen molar-refractivity contribution in [2.75, 3.05) is 10.6 Å². The molecule has 2 fully saturated rings. The van der Waals surface area contributed by atoms with Gasteiger partial charge >= 0.3 is 0 Å². The Labute approximate surface area is 190 Å². The lowest BCUT2D eigenvalue weighted by molar-refractivity contribution is 0.102. The maximum Gasteiger partial charge on any atom is 0.255 e. The largest absolute Gasteiger partial charge is 0.378 e. The first kappa shape index (κ1) is 19.6. The number of carbonyl (C=O) groups is 1. The van der Waals surface area contributed by atoms with Crippen molar-refractivity contribution < 1.29 is 4.79 Å². The van der Waals surface area contributed by atoms with E-state index in [-0.39, 0.29) is 5.91 Å². The lowest BCUT2D eigenvalue weighted by Gasteiger charge is -2.43. The molecule has 0 radical (unpaired) electrons. The summed E-state index contributed by atoms with van der Waals surface area (Å²) >= 11 is 0. The predicted octanol–water partition coefficient (Wildman–Crippen LogP) is 6.80. The zero-order chi connectivity index (χ0) is 21.7. The maximum absolute atomic E-state index is 13.2. The second-order valence-corrected chi connectivity index (χ2v) is 9.74. The minimum absolute atomic E-state index is 0.0152. The molecule has 2 aliphatic carbocycles. The Morgan fingerprint density at radius 3 is 2.59 bits per heavy atom. The van der Waals surface area contributed by atoms with Gasteiger partial charge in [0.2, 0.25) is 0 Å². The third-order valence-corrected chi connectivity index (χ3v) is 8.15. The van der Waals surface area contributed by atoms with Crippen LogP contribution in [0.5, 0.6) is 0 Å². The molecule has 3 aromatic carbocycles. The molecule has 3 aromatic rings. The summed E-state index contributed by atoms with van der Waals surface area (Å²) in [6.07, 6.45) is 4.91. The quantitative estimate of drug-likeness (QED) is 0.485. The van der Waals surface area contributed by atoms with Crippen LogP contribution in [-0.2, 0) is 6.42 Å². The summed E-state index contributed by atoms with van der Waals surface area (Å²) in [4.78, 5) is 13.2. The molecule has 1 heterocycles. The first-order chi connectivity index (χ1) is 15.7. The number of hydrogen-bond donors (Lipinski definition) is 2. The summed E-state index contributed by atoms with van der Waals surface area (Å²) < 4.78 is 0. The average molecular weight is 423 g/mol.